The number of guanidine groups is 2. The normalized spacial score (nSPS) is 20.4. The number of aromatic nitrogens is 2. The largest absolute Gasteiger partial charge is 0.369 e. The van der Waals surface area contributed by atoms with Crippen LogP contribution in [0.1, 0.15) is 32.1 Å². The molecule has 1 fully saturated rings. The molecule has 2 aromatic rings. The Morgan fingerprint density at radius 3 is 2.74 bits per heavy atom. The molecule has 7 heteroatoms. The van der Waals surface area contributed by atoms with Crippen LogP contribution in [0.25, 0.3) is 10.9 Å². The Hall–Kier alpha value is -2.70. The fourth-order valence-electron chi connectivity index (χ4n) is 3.61. The number of nitrogens with two attached hydrogens (primary N) is 2. The van der Waals surface area contributed by atoms with Crippen LogP contribution in [0.4, 0.5) is 5.69 Å². The van der Waals surface area contributed by atoms with Crippen molar-refractivity contribution >= 4 is 28.5 Å². The molecule has 0 unspecified atom stereocenters. The van der Waals surface area contributed by atoms with Gasteiger partial charge in [0.1, 0.15) is 12.0 Å². The van der Waals surface area contributed by atoms with Crippen LogP contribution in [0, 0.1) is 0 Å². The zero-order valence-corrected chi connectivity index (χ0v) is 12.8. The SMILES string of the molecule is NC1=NC2(CCCCC2)N(c2ccc3ncncc3c2)C(N)=N1. The molecule has 23 heavy (non-hydrogen) atoms. The van der Waals surface area contributed by atoms with Gasteiger partial charge in [-0.2, -0.15) is 4.99 Å². The molecule has 4 N–H and O–H groups in total. The molecule has 1 saturated carbocycles. The number of fused-ring (bicyclic) bond motifs is 1. The molecule has 0 saturated heterocycles. The summed E-state index contributed by atoms with van der Waals surface area (Å²) in [7, 11) is 0. The second kappa shape index (κ2) is 5.19. The fourth-order valence-corrected chi connectivity index (χ4v) is 3.61. The van der Waals surface area contributed by atoms with Crippen LogP contribution in [0.5, 0.6) is 0 Å². The van der Waals surface area contributed by atoms with E-state index in [1.165, 1.54) is 6.42 Å². The molecule has 7 nitrogen and oxygen atoms in total. The van der Waals surface area contributed by atoms with Crippen molar-refractivity contribution in [1.29, 1.82) is 0 Å². The summed E-state index contributed by atoms with van der Waals surface area (Å²) in [6.07, 6.45) is 8.63. The molecule has 0 amide bonds. The van der Waals surface area contributed by atoms with E-state index in [4.69, 9.17) is 11.5 Å². The molecule has 1 spiro atoms. The molecule has 1 aliphatic heterocycles. The van der Waals surface area contributed by atoms with E-state index < -0.39 is 5.66 Å². The molecule has 1 aromatic heterocycles. The first-order valence-electron chi connectivity index (χ1n) is 7.87. The maximum absolute atomic E-state index is 6.23. The topological polar surface area (TPSA) is 106 Å². The summed E-state index contributed by atoms with van der Waals surface area (Å²) in [5, 5.41) is 0.964. The molecular formula is C16H19N7. The molecule has 4 rings (SSSR count). The highest BCUT2D eigenvalue weighted by molar-refractivity contribution is 6.06. The average Bonchev–Trinajstić information content (AvgIpc) is 2.54. The molecule has 0 radical (unpaired) electrons. The van der Waals surface area contributed by atoms with Crippen LogP contribution in [0.15, 0.2) is 40.7 Å². The molecule has 2 heterocycles. The van der Waals surface area contributed by atoms with Gasteiger partial charge in [0, 0.05) is 17.3 Å². The zero-order valence-electron chi connectivity index (χ0n) is 12.8. The predicted molar refractivity (Wildman–Crippen MR) is 91.1 cm³/mol. The van der Waals surface area contributed by atoms with Gasteiger partial charge in [0.25, 0.3) is 0 Å². The molecule has 2 aliphatic rings. The van der Waals surface area contributed by atoms with E-state index in [-0.39, 0.29) is 5.96 Å². The van der Waals surface area contributed by atoms with Crippen molar-refractivity contribution in [3.63, 3.8) is 0 Å². The van der Waals surface area contributed by atoms with Gasteiger partial charge in [0.2, 0.25) is 11.9 Å². The lowest BCUT2D eigenvalue weighted by atomic mass is 9.87. The number of hydrogen-bond acceptors (Lipinski definition) is 7. The van der Waals surface area contributed by atoms with Gasteiger partial charge in [0.15, 0.2) is 0 Å². The van der Waals surface area contributed by atoms with Crippen LogP contribution >= 0.6 is 0 Å². The van der Waals surface area contributed by atoms with Crippen molar-refractivity contribution in [1.82, 2.24) is 9.97 Å². The van der Waals surface area contributed by atoms with Crippen molar-refractivity contribution < 1.29 is 0 Å². The monoisotopic (exact) mass is 309 g/mol. The highest BCUT2D eigenvalue weighted by Crippen LogP contribution is 2.39. The lowest BCUT2D eigenvalue weighted by Crippen LogP contribution is -2.58. The zero-order chi connectivity index (χ0) is 15.9. The molecule has 0 bridgehead atoms. The van der Waals surface area contributed by atoms with Gasteiger partial charge in [-0.1, -0.05) is 6.42 Å². The van der Waals surface area contributed by atoms with Crippen molar-refractivity contribution in [2.45, 2.75) is 37.8 Å². The molecular weight excluding hydrogens is 290 g/mol. The highest BCUT2D eigenvalue weighted by atomic mass is 15.4. The number of benzene rings is 1. The van der Waals surface area contributed by atoms with E-state index in [1.807, 2.05) is 23.1 Å². The van der Waals surface area contributed by atoms with Crippen molar-refractivity contribution in [2.75, 3.05) is 4.90 Å². The van der Waals surface area contributed by atoms with Crippen LogP contribution in [-0.4, -0.2) is 27.5 Å². The third-order valence-electron chi connectivity index (χ3n) is 4.60. The Bertz CT molecular complexity index is 805. The number of hydrogen-bond donors (Lipinski definition) is 2. The highest BCUT2D eigenvalue weighted by Gasteiger charge is 2.42. The molecule has 1 aliphatic carbocycles. The average molecular weight is 309 g/mol. The molecule has 118 valence electrons. The Morgan fingerprint density at radius 1 is 1.09 bits per heavy atom. The Morgan fingerprint density at radius 2 is 1.91 bits per heavy atom. The number of rotatable bonds is 1. The van der Waals surface area contributed by atoms with E-state index in [2.05, 4.69) is 20.0 Å². The lowest BCUT2D eigenvalue weighted by Gasteiger charge is -2.45. The third kappa shape index (κ3) is 2.28. The quantitative estimate of drug-likeness (QED) is 0.834. The summed E-state index contributed by atoms with van der Waals surface area (Å²) < 4.78 is 0. The molecule has 0 atom stereocenters. The van der Waals surface area contributed by atoms with E-state index in [1.54, 1.807) is 12.5 Å². The number of aliphatic imine (C=N–C) groups is 2. The van der Waals surface area contributed by atoms with E-state index >= 15 is 0 Å². The van der Waals surface area contributed by atoms with Gasteiger partial charge in [-0.3, -0.25) is 4.90 Å². The summed E-state index contributed by atoms with van der Waals surface area (Å²) in [4.78, 5) is 19.3. The predicted octanol–water partition coefficient (Wildman–Crippen LogP) is 1.74. The minimum Gasteiger partial charge on any atom is -0.369 e. The summed E-state index contributed by atoms with van der Waals surface area (Å²) in [6.45, 7) is 0. The molecule has 1 aromatic carbocycles. The van der Waals surface area contributed by atoms with Crippen molar-refractivity contribution in [3.05, 3.63) is 30.7 Å². The van der Waals surface area contributed by atoms with E-state index in [0.717, 1.165) is 42.3 Å². The second-order valence-corrected chi connectivity index (χ2v) is 6.08. The maximum atomic E-state index is 6.23. The number of anilines is 1. The van der Waals surface area contributed by atoms with Crippen LogP contribution in [-0.2, 0) is 0 Å². The van der Waals surface area contributed by atoms with Gasteiger partial charge in [0.05, 0.1) is 5.52 Å². The van der Waals surface area contributed by atoms with Crippen molar-refractivity contribution in [2.24, 2.45) is 21.5 Å². The smallest absolute Gasteiger partial charge is 0.220 e. The maximum Gasteiger partial charge on any atom is 0.220 e. The van der Waals surface area contributed by atoms with Crippen LogP contribution < -0.4 is 16.4 Å². The first-order valence-corrected chi connectivity index (χ1v) is 7.87. The first-order chi connectivity index (χ1) is 11.2. The minimum absolute atomic E-state index is 0.268. The van der Waals surface area contributed by atoms with Crippen LogP contribution in [0.2, 0.25) is 0 Å². The van der Waals surface area contributed by atoms with E-state index in [9.17, 15) is 0 Å². The van der Waals surface area contributed by atoms with Gasteiger partial charge < -0.3 is 11.5 Å². The number of nitrogens with zero attached hydrogens (tertiary/aromatic N) is 5. The Balaban J connectivity index is 1.84. The van der Waals surface area contributed by atoms with Gasteiger partial charge in [-0.25, -0.2) is 15.0 Å². The standard InChI is InChI=1S/C16H19N7/c17-14-21-15(18)23(16(22-14)6-2-1-3-7-16)12-4-5-13-11(8-12)9-19-10-20-13/h4-5,8-10H,1-3,6-7H2,(H4,17,18,21,22). The van der Waals surface area contributed by atoms with Gasteiger partial charge in [-0.05, 0) is 43.9 Å². The van der Waals surface area contributed by atoms with Crippen molar-refractivity contribution in [3.8, 4) is 0 Å². The first kappa shape index (κ1) is 13.9. The summed E-state index contributed by atoms with van der Waals surface area (Å²) in [6, 6.07) is 6.01. The summed E-state index contributed by atoms with van der Waals surface area (Å²) >= 11 is 0. The second-order valence-electron chi connectivity index (χ2n) is 6.08. The van der Waals surface area contributed by atoms with Gasteiger partial charge >= 0.3 is 0 Å². The lowest BCUT2D eigenvalue weighted by molar-refractivity contribution is 0.305. The Labute approximate surface area is 134 Å². The Kier molecular flexibility index (Phi) is 3.14. The fraction of sp³-hybridized carbons (Fsp3) is 0.375. The van der Waals surface area contributed by atoms with Gasteiger partial charge in [-0.15, -0.1) is 0 Å². The van der Waals surface area contributed by atoms with E-state index in [0.29, 0.717) is 5.96 Å². The third-order valence-corrected chi connectivity index (χ3v) is 4.60. The summed E-state index contributed by atoms with van der Waals surface area (Å²) in [5.41, 5.74) is 13.6. The van der Waals surface area contributed by atoms with Crippen LogP contribution in [0.3, 0.4) is 0 Å². The minimum atomic E-state index is -0.419. The summed E-state index contributed by atoms with van der Waals surface area (Å²) in [5.74, 6) is 0.667.